The highest BCUT2D eigenvalue weighted by Gasteiger charge is 2.44. The van der Waals surface area contributed by atoms with Crippen molar-refractivity contribution in [2.45, 2.75) is 0 Å². The zero-order valence-corrected chi connectivity index (χ0v) is 39.3. The first kappa shape index (κ1) is 40.1. The van der Waals surface area contributed by atoms with Gasteiger partial charge >= 0.3 is 0 Å². The van der Waals surface area contributed by atoms with Crippen molar-refractivity contribution in [3.63, 3.8) is 0 Å². The fourth-order valence-electron chi connectivity index (χ4n) is 11.9. The average Bonchev–Trinajstić information content (AvgIpc) is 4.09. The van der Waals surface area contributed by atoms with Gasteiger partial charge in [-0.2, -0.15) is 0 Å². The third kappa shape index (κ3) is 5.87. The Morgan fingerprint density at radius 1 is 0.229 bits per heavy atom. The quantitative estimate of drug-likeness (QED) is 0.107. The summed E-state index contributed by atoms with van der Waals surface area (Å²) in [7, 11) is -3.11. The van der Waals surface area contributed by atoms with Crippen LogP contribution in [0.3, 0.4) is 0 Å². The standard InChI is InChI=1S/C66H45N3Si/c1-5-22-46(23-6-1)47-42-44-48(45-43-47)67-58-36-16-15-32-54(58)55-33-19-40-62(64(55)67)69-65-56(34-20-39-61(65)68-59-37-17-13-30-52(59)53-31-14-18-38-60(53)68)57-35-21-41-63(66(57)69)70(49-24-7-2-8-25-49,50-26-9-3-10-27-50)51-28-11-4-12-29-51/h1-45H. The van der Waals surface area contributed by atoms with Crippen molar-refractivity contribution in [1.82, 2.24) is 13.7 Å². The Balaban J connectivity index is 1.20. The molecule has 70 heavy (non-hydrogen) atoms. The maximum absolute atomic E-state index is 3.11. The molecule has 0 spiro atoms. The predicted molar refractivity (Wildman–Crippen MR) is 299 cm³/mol. The molecule has 0 atom stereocenters. The smallest absolute Gasteiger partial charge is 0.181 e. The Kier molecular flexibility index (Phi) is 9.23. The Bertz CT molecular complexity index is 4110. The molecule has 0 amide bonds. The molecule has 3 nitrogen and oxygen atoms in total. The van der Waals surface area contributed by atoms with E-state index in [0.29, 0.717) is 0 Å². The first-order valence-corrected chi connectivity index (χ1v) is 26.2. The van der Waals surface area contributed by atoms with Crippen molar-refractivity contribution >= 4 is 94.2 Å². The van der Waals surface area contributed by atoms with Crippen molar-refractivity contribution in [2.24, 2.45) is 0 Å². The fourth-order valence-corrected chi connectivity index (χ4v) is 16.9. The second-order valence-electron chi connectivity index (χ2n) is 18.4. The largest absolute Gasteiger partial charge is 0.307 e. The van der Waals surface area contributed by atoms with E-state index >= 15 is 0 Å². The zero-order chi connectivity index (χ0) is 46.2. The predicted octanol–water partition coefficient (Wildman–Crippen LogP) is 14.0. The molecular weight excluding hydrogens is 863 g/mol. The Morgan fingerprint density at radius 2 is 0.586 bits per heavy atom. The van der Waals surface area contributed by atoms with Gasteiger partial charge in [0.05, 0.1) is 44.5 Å². The number of para-hydroxylation sites is 6. The summed E-state index contributed by atoms with van der Waals surface area (Å²) < 4.78 is 7.69. The van der Waals surface area contributed by atoms with Crippen LogP contribution in [0.2, 0.25) is 0 Å². The van der Waals surface area contributed by atoms with E-state index in [1.54, 1.807) is 0 Å². The monoisotopic (exact) mass is 907 g/mol. The molecule has 0 aliphatic carbocycles. The maximum atomic E-state index is 2.67. The fraction of sp³-hybridized carbons (Fsp3) is 0. The van der Waals surface area contributed by atoms with Gasteiger partial charge in [-0.25, -0.2) is 0 Å². The molecule has 0 aliphatic rings. The molecule has 14 aromatic rings. The van der Waals surface area contributed by atoms with Crippen molar-refractivity contribution < 1.29 is 0 Å². The van der Waals surface area contributed by atoms with Crippen LogP contribution < -0.4 is 20.7 Å². The summed E-state index contributed by atoms with van der Waals surface area (Å²) in [6.07, 6.45) is 0. The van der Waals surface area contributed by atoms with Crippen LogP contribution in [0.25, 0.3) is 93.6 Å². The van der Waals surface area contributed by atoms with E-state index in [9.17, 15) is 0 Å². The third-order valence-corrected chi connectivity index (χ3v) is 19.6. The van der Waals surface area contributed by atoms with Gasteiger partial charge in [0.25, 0.3) is 0 Å². The number of rotatable bonds is 8. The number of hydrogen-bond donors (Lipinski definition) is 0. The molecular formula is C66H45N3Si. The van der Waals surface area contributed by atoms with Gasteiger partial charge in [-0.05, 0) is 74.3 Å². The number of hydrogen-bond acceptors (Lipinski definition) is 0. The number of nitrogens with zero attached hydrogens (tertiary/aromatic N) is 3. The Hall–Kier alpha value is -8.96. The van der Waals surface area contributed by atoms with Crippen LogP contribution in [-0.2, 0) is 0 Å². The normalized spacial score (nSPS) is 12.0. The van der Waals surface area contributed by atoms with Gasteiger partial charge in [-0.15, -0.1) is 0 Å². The zero-order valence-electron chi connectivity index (χ0n) is 38.3. The number of fused-ring (bicyclic) bond motifs is 9. The molecule has 4 heteroatoms. The van der Waals surface area contributed by atoms with E-state index in [1.165, 1.54) is 86.3 Å². The summed E-state index contributed by atoms with van der Waals surface area (Å²) >= 11 is 0. The van der Waals surface area contributed by atoms with Gasteiger partial charge in [-0.1, -0.05) is 231 Å². The van der Waals surface area contributed by atoms with E-state index < -0.39 is 8.07 Å². The average molecular weight is 908 g/mol. The maximum Gasteiger partial charge on any atom is 0.181 e. The minimum absolute atomic E-state index is 1.11. The van der Waals surface area contributed by atoms with Crippen LogP contribution in [0, 0.1) is 0 Å². The second-order valence-corrected chi connectivity index (χ2v) is 22.1. The summed E-state index contributed by atoms with van der Waals surface area (Å²) in [6, 6.07) is 102. The molecule has 14 rings (SSSR count). The lowest BCUT2D eigenvalue weighted by Gasteiger charge is -2.35. The molecule has 0 saturated heterocycles. The topological polar surface area (TPSA) is 14.8 Å². The molecule has 0 fully saturated rings. The highest BCUT2D eigenvalue weighted by molar-refractivity contribution is 7.20. The van der Waals surface area contributed by atoms with Crippen LogP contribution in [-0.4, -0.2) is 21.8 Å². The minimum atomic E-state index is -3.11. The van der Waals surface area contributed by atoms with Gasteiger partial charge in [-0.3, -0.25) is 0 Å². The number of aromatic nitrogens is 3. The highest BCUT2D eigenvalue weighted by Crippen LogP contribution is 2.43. The molecule has 0 radical (unpaired) electrons. The van der Waals surface area contributed by atoms with Gasteiger partial charge in [0.1, 0.15) is 0 Å². The van der Waals surface area contributed by atoms with Crippen molar-refractivity contribution in [3.05, 3.63) is 273 Å². The molecule has 0 N–H and O–H groups in total. The van der Waals surface area contributed by atoms with Crippen molar-refractivity contribution in [3.8, 4) is 28.2 Å². The molecule has 3 aromatic heterocycles. The summed E-state index contributed by atoms with van der Waals surface area (Å²) in [4.78, 5) is 0. The molecule has 0 aliphatic heterocycles. The van der Waals surface area contributed by atoms with E-state index in [0.717, 1.165) is 28.1 Å². The van der Waals surface area contributed by atoms with Crippen LogP contribution in [0.15, 0.2) is 273 Å². The molecule has 0 unspecified atom stereocenters. The van der Waals surface area contributed by atoms with E-state index in [1.807, 2.05) is 0 Å². The summed E-state index contributed by atoms with van der Waals surface area (Å²) in [5.41, 5.74) is 12.8. The van der Waals surface area contributed by atoms with Crippen LogP contribution >= 0.6 is 0 Å². The van der Waals surface area contributed by atoms with Crippen LogP contribution in [0.1, 0.15) is 0 Å². The molecule has 0 bridgehead atoms. The lowest BCUT2D eigenvalue weighted by Crippen LogP contribution is -2.75. The van der Waals surface area contributed by atoms with Gasteiger partial charge < -0.3 is 13.7 Å². The molecule has 3 heterocycles. The van der Waals surface area contributed by atoms with E-state index in [-0.39, 0.29) is 0 Å². The van der Waals surface area contributed by atoms with Crippen molar-refractivity contribution in [1.29, 1.82) is 0 Å². The summed E-state index contributed by atoms with van der Waals surface area (Å²) in [5, 5.41) is 12.7. The second kappa shape index (κ2) is 16.1. The summed E-state index contributed by atoms with van der Waals surface area (Å²) in [6.45, 7) is 0. The van der Waals surface area contributed by atoms with Crippen LogP contribution in [0.5, 0.6) is 0 Å². The van der Waals surface area contributed by atoms with Gasteiger partial charge in [0.15, 0.2) is 8.07 Å². The summed E-state index contributed by atoms with van der Waals surface area (Å²) in [5.74, 6) is 0. The van der Waals surface area contributed by atoms with Crippen LogP contribution in [0.4, 0.5) is 0 Å². The highest BCUT2D eigenvalue weighted by atomic mass is 28.3. The van der Waals surface area contributed by atoms with Crippen molar-refractivity contribution in [2.75, 3.05) is 0 Å². The first-order valence-electron chi connectivity index (χ1n) is 24.2. The SMILES string of the molecule is c1ccc(-c2ccc(-n3c4ccccc4c4cccc(-n5c6c(-n7c8ccccc8c8ccccc87)cccc6c6cccc([Si](c7ccccc7)(c7ccccc7)c7ccccc7)c65)c43)cc2)cc1. The lowest BCUT2D eigenvalue weighted by molar-refractivity contribution is 1.11. The molecule has 0 saturated carbocycles. The first-order chi connectivity index (χ1) is 34.8. The third-order valence-electron chi connectivity index (χ3n) is 14.8. The Labute approximate surface area is 407 Å². The lowest BCUT2D eigenvalue weighted by atomic mass is 10.1. The molecule has 11 aromatic carbocycles. The van der Waals surface area contributed by atoms with E-state index in [4.69, 9.17) is 0 Å². The van der Waals surface area contributed by atoms with E-state index in [2.05, 4.69) is 287 Å². The number of benzene rings is 11. The van der Waals surface area contributed by atoms with Gasteiger partial charge in [0.2, 0.25) is 0 Å². The Morgan fingerprint density at radius 3 is 1.11 bits per heavy atom. The minimum Gasteiger partial charge on any atom is -0.307 e. The van der Waals surface area contributed by atoms with Gasteiger partial charge in [0, 0.05) is 38.0 Å². The molecule has 328 valence electrons.